The van der Waals surface area contributed by atoms with Crippen molar-refractivity contribution in [3.05, 3.63) is 42.1 Å². The molecule has 0 saturated carbocycles. The van der Waals surface area contributed by atoms with Crippen molar-refractivity contribution in [1.29, 1.82) is 0 Å². The lowest BCUT2D eigenvalue weighted by atomic mass is 10.1. The zero-order valence-corrected chi connectivity index (χ0v) is 10.0. The number of carbonyl (C=O) groups excluding carboxylic acids is 1. The van der Waals surface area contributed by atoms with Gasteiger partial charge in [-0.25, -0.2) is 0 Å². The number of nitrogens with zero attached hydrogens (tertiary/aromatic N) is 2. The molecule has 1 fully saturated rings. The van der Waals surface area contributed by atoms with Crippen LogP contribution in [-0.2, 0) is 4.74 Å². The SMILES string of the molecule is O=C(c1ccnc2ccccc12)N1CCOCC1. The van der Waals surface area contributed by atoms with Gasteiger partial charge in [0.25, 0.3) is 5.91 Å². The van der Waals surface area contributed by atoms with E-state index in [-0.39, 0.29) is 5.91 Å². The van der Waals surface area contributed by atoms with Crippen molar-refractivity contribution in [1.82, 2.24) is 9.88 Å². The summed E-state index contributed by atoms with van der Waals surface area (Å²) < 4.78 is 5.27. The molecule has 3 rings (SSSR count). The number of hydrogen-bond donors (Lipinski definition) is 0. The number of amides is 1. The van der Waals surface area contributed by atoms with E-state index in [2.05, 4.69) is 4.98 Å². The van der Waals surface area contributed by atoms with E-state index in [1.54, 1.807) is 12.3 Å². The van der Waals surface area contributed by atoms with Gasteiger partial charge in [0.2, 0.25) is 0 Å². The van der Waals surface area contributed by atoms with E-state index in [1.165, 1.54) is 0 Å². The van der Waals surface area contributed by atoms with E-state index in [4.69, 9.17) is 4.74 Å². The summed E-state index contributed by atoms with van der Waals surface area (Å²) in [5.41, 5.74) is 1.58. The van der Waals surface area contributed by atoms with Crippen LogP contribution in [0.25, 0.3) is 10.9 Å². The highest BCUT2D eigenvalue weighted by atomic mass is 16.5. The van der Waals surface area contributed by atoms with Crippen molar-refractivity contribution in [2.45, 2.75) is 0 Å². The largest absolute Gasteiger partial charge is 0.378 e. The molecule has 0 atom stereocenters. The highest BCUT2D eigenvalue weighted by Crippen LogP contribution is 2.18. The number of hydrogen-bond acceptors (Lipinski definition) is 3. The van der Waals surface area contributed by atoms with E-state index in [9.17, 15) is 4.79 Å². The van der Waals surface area contributed by atoms with Gasteiger partial charge in [-0.15, -0.1) is 0 Å². The molecule has 2 aromatic rings. The average Bonchev–Trinajstić information content (AvgIpc) is 2.47. The van der Waals surface area contributed by atoms with Crippen LogP contribution in [0.4, 0.5) is 0 Å². The van der Waals surface area contributed by atoms with Gasteiger partial charge in [-0.2, -0.15) is 0 Å². The molecule has 1 aromatic carbocycles. The first kappa shape index (κ1) is 11.2. The Balaban J connectivity index is 2.00. The fraction of sp³-hybridized carbons (Fsp3) is 0.286. The average molecular weight is 242 g/mol. The topological polar surface area (TPSA) is 42.4 Å². The maximum Gasteiger partial charge on any atom is 0.254 e. The minimum Gasteiger partial charge on any atom is -0.378 e. The molecule has 1 aliphatic rings. The van der Waals surface area contributed by atoms with Crippen LogP contribution in [0.5, 0.6) is 0 Å². The van der Waals surface area contributed by atoms with Gasteiger partial charge in [0.05, 0.1) is 24.3 Å². The highest BCUT2D eigenvalue weighted by molar-refractivity contribution is 6.05. The Morgan fingerprint density at radius 3 is 2.78 bits per heavy atom. The number of pyridine rings is 1. The molecule has 1 aliphatic heterocycles. The smallest absolute Gasteiger partial charge is 0.254 e. The summed E-state index contributed by atoms with van der Waals surface area (Å²) in [5, 5.41) is 0.913. The Morgan fingerprint density at radius 2 is 1.94 bits per heavy atom. The summed E-state index contributed by atoms with van der Waals surface area (Å²) in [6, 6.07) is 9.51. The van der Waals surface area contributed by atoms with Gasteiger partial charge in [0.15, 0.2) is 0 Å². The Hall–Kier alpha value is -1.94. The Labute approximate surface area is 105 Å². The number of benzene rings is 1. The normalized spacial score (nSPS) is 15.9. The van der Waals surface area contributed by atoms with Crippen LogP contribution >= 0.6 is 0 Å². The van der Waals surface area contributed by atoms with Crippen molar-refractivity contribution < 1.29 is 9.53 Å². The second-order valence-corrected chi connectivity index (χ2v) is 4.28. The molecule has 0 radical (unpaired) electrons. The van der Waals surface area contributed by atoms with Crippen LogP contribution in [0.1, 0.15) is 10.4 Å². The fourth-order valence-electron chi connectivity index (χ4n) is 2.22. The monoisotopic (exact) mass is 242 g/mol. The molecular weight excluding hydrogens is 228 g/mol. The van der Waals surface area contributed by atoms with Gasteiger partial charge in [-0.05, 0) is 12.1 Å². The van der Waals surface area contributed by atoms with Crippen molar-refractivity contribution in [2.75, 3.05) is 26.3 Å². The van der Waals surface area contributed by atoms with Crippen LogP contribution in [0.3, 0.4) is 0 Å². The highest BCUT2D eigenvalue weighted by Gasteiger charge is 2.20. The number of ether oxygens (including phenoxy) is 1. The molecule has 1 amide bonds. The first-order valence-electron chi connectivity index (χ1n) is 6.07. The number of fused-ring (bicyclic) bond motifs is 1. The molecule has 1 aromatic heterocycles. The number of para-hydroxylation sites is 1. The molecule has 4 heteroatoms. The summed E-state index contributed by atoms with van der Waals surface area (Å²) >= 11 is 0. The molecule has 92 valence electrons. The maximum absolute atomic E-state index is 12.5. The maximum atomic E-state index is 12.5. The number of rotatable bonds is 1. The van der Waals surface area contributed by atoms with E-state index >= 15 is 0 Å². The Kier molecular flexibility index (Phi) is 2.94. The zero-order chi connectivity index (χ0) is 12.4. The van der Waals surface area contributed by atoms with Crippen LogP contribution in [0, 0.1) is 0 Å². The van der Waals surface area contributed by atoms with E-state index in [0.29, 0.717) is 26.3 Å². The lowest BCUT2D eigenvalue weighted by molar-refractivity contribution is 0.0304. The van der Waals surface area contributed by atoms with E-state index < -0.39 is 0 Å². The molecule has 2 heterocycles. The van der Waals surface area contributed by atoms with E-state index in [0.717, 1.165) is 16.5 Å². The second-order valence-electron chi connectivity index (χ2n) is 4.28. The molecule has 0 aliphatic carbocycles. The zero-order valence-electron chi connectivity index (χ0n) is 10.0. The molecule has 1 saturated heterocycles. The second kappa shape index (κ2) is 4.74. The fourth-order valence-corrected chi connectivity index (χ4v) is 2.22. The van der Waals surface area contributed by atoms with Crippen LogP contribution in [-0.4, -0.2) is 42.1 Å². The summed E-state index contributed by atoms with van der Waals surface area (Å²) in [5.74, 6) is 0.0666. The van der Waals surface area contributed by atoms with Crippen LogP contribution < -0.4 is 0 Å². The number of aromatic nitrogens is 1. The Bertz CT molecular complexity index is 572. The summed E-state index contributed by atoms with van der Waals surface area (Å²) in [6.45, 7) is 2.56. The third kappa shape index (κ3) is 1.95. The molecule has 4 nitrogen and oxygen atoms in total. The summed E-state index contributed by atoms with van der Waals surface area (Å²) in [4.78, 5) is 18.6. The summed E-state index contributed by atoms with van der Waals surface area (Å²) in [6.07, 6.45) is 1.69. The lowest BCUT2D eigenvalue weighted by Gasteiger charge is -2.27. The number of carbonyl (C=O) groups is 1. The first-order valence-corrected chi connectivity index (χ1v) is 6.07. The van der Waals surface area contributed by atoms with Crippen molar-refractivity contribution >= 4 is 16.8 Å². The van der Waals surface area contributed by atoms with Gasteiger partial charge in [-0.1, -0.05) is 18.2 Å². The molecular formula is C14H14N2O2. The van der Waals surface area contributed by atoms with E-state index in [1.807, 2.05) is 29.2 Å². The van der Waals surface area contributed by atoms with Gasteiger partial charge >= 0.3 is 0 Å². The molecule has 0 N–H and O–H groups in total. The lowest BCUT2D eigenvalue weighted by Crippen LogP contribution is -2.40. The minimum absolute atomic E-state index is 0.0666. The molecule has 0 spiro atoms. The molecule has 0 unspecified atom stereocenters. The Morgan fingerprint density at radius 1 is 1.17 bits per heavy atom. The first-order chi connectivity index (χ1) is 8.86. The summed E-state index contributed by atoms with van der Waals surface area (Å²) in [7, 11) is 0. The van der Waals surface area contributed by atoms with Crippen LogP contribution in [0.15, 0.2) is 36.5 Å². The third-order valence-electron chi connectivity index (χ3n) is 3.18. The third-order valence-corrected chi connectivity index (χ3v) is 3.18. The predicted molar refractivity (Wildman–Crippen MR) is 68.5 cm³/mol. The standard InChI is InChI=1S/C14H14N2O2/c17-14(16-7-9-18-10-8-16)12-5-6-15-13-4-2-1-3-11(12)13/h1-6H,7-10H2. The van der Waals surface area contributed by atoms with Gasteiger partial charge in [0.1, 0.15) is 0 Å². The van der Waals surface area contributed by atoms with Crippen molar-refractivity contribution in [3.8, 4) is 0 Å². The molecule has 0 bridgehead atoms. The van der Waals surface area contributed by atoms with Gasteiger partial charge in [0, 0.05) is 24.7 Å². The predicted octanol–water partition coefficient (Wildman–Crippen LogP) is 1.71. The van der Waals surface area contributed by atoms with Crippen molar-refractivity contribution in [3.63, 3.8) is 0 Å². The molecule has 18 heavy (non-hydrogen) atoms. The van der Waals surface area contributed by atoms with Gasteiger partial charge < -0.3 is 9.64 Å². The van der Waals surface area contributed by atoms with Gasteiger partial charge in [-0.3, -0.25) is 9.78 Å². The van der Waals surface area contributed by atoms with Crippen molar-refractivity contribution in [2.24, 2.45) is 0 Å². The van der Waals surface area contributed by atoms with Crippen LogP contribution in [0.2, 0.25) is 0 Å². The number of morpholine rings is 1. The minimum atomic E-state index is 0.0666. The quantitative estimate of drug-likeness (QED) is 0.764.